The van der Waals surface area contributed by atoms with E-state index >= 15 is 0 Å². The second kappa shape index (κ2) is 6.43. The van der Waals surface area contributed by atoms with Gasteiger partial charge in [0.25, 0.3) is 0 Å². The summed E-state index contributed by atoms with van der Waals surface area (Å²) in [5.74, 6) is -0.809. The third-order valence-corrected chi connectivity index (χ3v) is 6.85. The largest absolute Gasteiger partial charge is 0.293 e. The van der Waals surface area contributed by atoms with Crippen LogP contribution in [0.25, 0.3) is 0 Å². The molecular weight excluding hydrogens is 425 g/mol. The van der Waals surface area contributed by atoms with Gasteiger partial charge in [-0.2, -0.15) is 0 Å². The van der Waals surface area contributed by atoms with E-state index in [1.54, 1.807) is 12.1 Å². The maximum Gasteiger partial charge on any atom is 0.174 e. The number of Topliss-reactive ketones (excluding diaryl/α,β-unsaturated/α-hetero) is 1. The molecule has 5 heteroatoms. The van der Waals surface area contributed by atoms with Crippen LogP contribution in [0.2, 0.25) is 0 Å². The minimum atomic E-state index is -0.511. The topological polar surface area (TPSA) is 29.4 Å². The quantitative estimate of drug-likeness (QED) is 0.442. The Morgan fingerprint density at radius 2 is 1.70 bits per heavy atom. The average Bonchev–Trinajstić information content (AvgIpc) is 2.85. The van der Waals surface area contributed by atoms with E-state index in [1.807, 2.05) is 48.5 Å². The fourth-order valence-corrected chi connectivity index (χ4v) is 5.49. The molecule has 3 aromatic rings. The molecule has 0 aromatic heterocycles. The fraction of sp³-hybridized carbons (Fsp3) is 0.0909. The second-order valence-electron chi connectivity index (χ2n) is 6.56. The molecule has 0 bridgehead atoms. The highest BCUT2D eigenvalue weighted by molar-refractivity contribution is 9.10. The van der Waals surface area contributed by atoms with Crippen LogP contribution in [0.5, 0.6) is 0 Å². The van der Waals surface area contributed by atoms with Gasteiger partial charge in [-0.3, -0.25) is 9.79 Å². The number of hydrogen-bond acceptors (Lipinski definition) is 3. The standard InChI is InChI=1S/C22H13BrFNOS/c23-12-9-10-16(24)15(11-12)22-19-20(13-5-1-2-6-14(13)21(19)26)25-17-7-3-4-8-18(17)27-22/h1-11,19,22H/t19-,22-/m0/s1. The van der Waals surface area contributed by atoms with Crippen molar-refractivity contribution in [2.45, 2.75) is 10.1 Å². The minimum Gasteiger partial charge on any atom is -0.293 e. The molecule has 0 saturated heterocycles. The Morgan fingerprint density at radius 3 is 2.56 bits per heavy atom. The predicted molar refractivity (Wildman–Crippen MR) is 110 cm³/mol. The summed E-state index contributed by atoms with van der Waals surface area (Å²) in [6.07, 6.45) is 0. The van der Waals surface area contributed by atoms with Crippen LogP contribution < -0.4 is 0 Å². The second-order valence-corrected chi connectivity index (χ2v) is 8.66. The van der Waals surface area contributed by atoms with Gasteiger partial charge in [-0.25, -0.2) is 4.39 Å². The molecule has 1 aliphatic heterocycles. The van der Waals surface area contributed by atoms with Crippen molar-refractivity contribution >= 4 is 44.9 Å². The van der Waals surface area contributed by atoms with Gasteiger partial charge < -0.3 is 0 Å². The van der Waals surface area contributed by atoms with E-state index in [1.165, 1.54) is 17.8 Å². The van der Waals surface area contributed by atoms with Gasteiger partial charge in [0.05, 0.1) is 22.6 Å². The zero-order valence-electron chi connectivity index (χ0n) is 14.0. The first-order valence-electron chi connectivity index (χ1n) is 8.56. The molecule has 1 heterocycles. The van der Waals surface area contributed by atoms with E-state index in [4.69, 9.17) is 4.99 Å². The molecule has 2 nitrogen and oxygen atoms in total. The molecular formula is C22H13BrFNOS. The maximum absolute atomic E-state index is 14.8. The smallest absolute Gasteiger partial charge is 0.174 e. The molecule has 0 radical (unpaired) electrons. The van der Waals surface area contributed by atoms with Crippen LogP contribution in [0.1, 0.15) is 26.7 Å². The van der Waals surface area contributed by atoms with Gasteiger partial charge in [0.1, 0.15) is 5.82 Å². The first kappa shape index (κ1) is 16.9. The summed E-state index contributed by atoms with van der Waals surface area (Å²) < 4.78 is 15.6. The van der Waals surface area contributed by atoms with E-state index in [9.17, 15) is 9.18 Å². The Balaban J connectivity index is 1.78. The Labute approximate surface area is 168 Å². The summed E-state index contributed by atoms with van der Waals surface area (Å²) in [7, 11) is 0. The fourth-order valence-electron chi connectivity index (χ4n) is 3.75. The van der Waals surface area contributed by atoms with Gasteiger partial charge in [0.2, 0.25) is 0 Å². The molecule has 0 unspecified atom stereocenters. The summed E-state index contributed by atoms with van der Waals surface area (Å²) in [6.45, 7) is 0. The number of rotatable bonds is 1. The predicted octanol–water partition coefficient (Wildman–Crippen LogP) is 6.37. The van der Waals surface area contributed by atoms with Crippen molar-refractivity contribution in [1.82, 2.24) is 0 Å². The lowest BCUT2D eigenvalue weighted by Crippen LogP contribution is -2.22. The molecule has 1 aliphatic carbocycles. The van der Waals surface area contributed by atoms with Crippen LogP contribution in [0.15, 0.2) is 81.1 Å². The number of fused-ring (bicyclic) bond motifs is 4. The van der Waals surface area contributed by atoms with Gasteiger partial charge in [0, 0.05) is 26.1 Å². The molecule has 5 rings (SSSR count). The zero-order chi connectivity index (χ0) is 18.5. The summed E-state index contributed by atoms with van der Waals surface area (Å²) in [5.41, 5.74) is 3.60. The van der Waals surface area contributed by atoms with E-state index in [0.29, 0.717) is 11.1 Å². The number of carbonyl (C=O) groups is 1. The van der Waals surface area contributed by atoms with E-state index in [2.05, 4.69) is 15.9 Å². The molecule has 0 amide bonds. The summed E-state index contributed by atoms with van der Waals surface area (Å²) in [5, 5.41) is -0.384. The third kappa shape index (κ3) is 2.68. The molecule has 27 heavy (non-hydrogen) atoms. The Bertz CT molecular complexity index is 1130. The normalized spacial score (nSPS) is 20.4. The number of ketones is 1. The summed E-state index contributed by atoms with van der Waals surface area (Å²) in [6, 6.07) is 20.2. The molecule has 2 atom stereocenters. The van der Waals surface area contributed by atoms with Gasteiger partial charge in [-0.05, 0) is 30.3 Å². The van der Waals surface area contributed by atoms with Crippen LogP contribution in [0.3, 0.4) is 0 Å². The summed E-state index contributed by atoms with van der Waals surface area (Å²) >= 11 is 4.95. The first-order valence-corrected chi connectivity index (χ1v) is 10.2. The monoisotopic (exact) mass is 437 g/mol. The number of hydrogen-bond donors (Lipinski definition) is 0. The number of nitrogens with zero attached hydrogens (tertiary/aromatic N) is 1. The molecule has 0 fully saturated rings. The van der Waals surface area contributed by atoms with Crippen LogP contribution in [-0.2, 0) is 0 Å². The van der Waals surface area contributed by atoms with Crippen LogP contribution in [0, 0.1) is 11.7 Å². The highest BCUT2D eigenvalue weighted by atomic mass is 79.9. The first-order chi connectivity index (χ1) is 13.1. The average molecular weight is 438 g/mol. The highest BCUT2D eigenvalue weighted by Crippen LogP contribution is 2.52. The number of thioether (sulfide) groups is 1. The van der Waals surface area contributed by atoms with Gasteiger partial charge in [-0.15, -0.1) is 11.8 Å². The van der Waals surface area contributed by atoms with Crippen molar-refractivity contribution in [3.05, 3.63) is 93.7 Å². The molecule has 132 valence electrons. The van der Waals surface area contributed by atoms with Gasteiger partial charge in [0.15, 0.2) is 5.78 Å². The SMILES string of the molecule is O=C1c2ccccc2C2=Nc3ccccc3S[C@@H](c3cc(Br)ccc3F)[C@H]12. The maximum atomic E-state index is 14.8. The van der Waals surface area contributed by atoms with E-state index < -0.39 is 5.92 Å². The highest BCUT2D eigenvalue weighted by Gasteiger charge is 2.44. The minimum absolute atomic E-state index is 0.00836. The van der Waals surface area contributed by atoms with Gasteiger partial charge >= 0.3 is 0 Å². The van der Waals surface area contributed by atoms with Gasteiger partial charge in [-0.1, -0.05) is 52.3 Å². The van der Waals surface area contributed by atoms with Crippen LogP contribution in [-0.4, -0.2) is 11.5 Å². The third-order valence-electron chi connectivity index (χ3n) is 4.97. The number of aliphatic imine (C=N–C) groups is 1. The Hall–Kier alpha value is -2.24. The Morgan fingerprint density at radius 1 is 0.963 bits per heavy atom. The lowest BCUT2D eigenvalue weighted by molar-refractivity contribution is 0.0960. The van der Waals surface area contributed by atoms with Crippen molar-refractivity contribution in [3.8, 4) is 0 Å². The van der Waals surface area contributed by atoms with Crippen molar-refractivity contribution in [2.75, 3.05) is 0 Å². The molecule has 0 saturated carbocycles. The Kier molecular flexibility index (Phi) is 4.02. The number of carbonyl (C=O) groups excluding carboxylic acids is 1. The summed E-state index contributed by atoms with van der Waals surface area (Å²) in [4.78, 5) is 19.1. The number of halogens is 2. The molecule has 2 aliphatic rings. The lowest BCUT2D eigenvalue weighted by atomic mass is 9.93. The number of benzene rings is 3. The molecule has 0 N–H and O–H groups in total. The lowest BCUT2D eigenvalue weighted by Gasteiger charge is -2.22. The van der Waals surface area contributed by atoms with Crippen LogP contribution in [0.4, 0.5) is 10.1 Å². The molecule has 3 aromatic carbocycles. The van der Waals surface area contributed by atoms with Crippen molar-refractivity contribution < 1.29 is 9.18 Å². The number of para-hydroxylation sites is 1. The molecule has 0 spiro atoms. The van der Waals surface area contributed by atoms with Crippen molar-refractivity contribution in [2.24, 2.45) is 10.9 Å². The van der Waals surface area contributed by atoms with E-state index in [0.717, 1.165) is 26.3 Å². The van der Waals surface area contributed by atoms with Crippen molar-refractivity contribution in [1.29, 1.82) is 0 Å². The van der Waals surface area contributed by atoms with E-state index in [-0.39, 0.29) is 16.9 Å². The van der Waals surface area contributed by atoms with Crippen LogP contribution >= 0.6 is 27.7 Å². The zero-order valence-corrected chi connectivity index (χ0v) is 16.4. The van der Waals surface area contributed by atoms with Crippen molar-refractivity contribution in [3.63, 3.8) is 0 Å².